The highest BCUT2D eigenvalue weighted by Gasteiger charge is 2.61. The second-order valence-electron chi connectivity index (χ2n) is 13.7. The zero-order valence-corrected chi connectivity index (χ0v) is 29.2. The van der Waals surface area contributed by atoms with Crippen molar-refractivity contribution in [2.24, 2.45) is 5.92 Å². The van der Waals surface area contributed by atoms with E-state index in [1.807, 2.05) is 0 Å². The van der Waals surface area contributed by atoms with Crippen molar-refractivity contribution in [1.82, 2.24) is 0 Å². The molecule has 0 bridgehead atoms. The maximum atomic E-state index is 7.15. The van der Waals surface area contributed by atoms with E-state index in [2.05, 4.69) is 68.1 Å². The van der Waals surface area contributed by atoms with Crippen LogP contribution >= 0.6 is 11.6 Å². The molecule has 0 aliphatic carbocycles. The van der Waals surface area contributed by atoms with Crippen molar-refractivity contribution in [2.75, 3.05) is 13.7 Å². The van der Waals surface area contributed by atoms with E-state index in [0.29, 0.717) is 19.4 Å². The quantitative estimate of drug-likeness (QED) is 0.135. The van der Waals surface area contributed by atoms with E-state index in [1.54, 1.807) is 13.2 Å². The van der Waals surface area contributed by atoms with Gasteiger partial charge in [0.25, 0.3) is 0 Å². The van der Waals surface area contributed by atoms with Crippen LogP contribution in [0.2, 0.25) is 36.3 Å². The lowest BCUT2D eigenvalue weighted by Gasteiger charge is -2.53. The number of halogens is 1. The molecular formula is C30H57ClO6Si2. The minimum atomic E-state index is -1.87. The molecule has 228 valence electrons. The van der Waals surface area contributed by atoms with Crippen molar-refractivity contribution in [2.45, 2.75) is 158 Å². The molecular weight excluding hydrogens is 548 g/mol. The fourth-order valence-corrected chi connectivity index (χ4v) is 10.5. The van der Waals surface area contributed by atoms with E-state index in [1.165, 1.54) is 0 Å². The predicted molar refractivity (Wildman–Crippen MR) is 164 cm³/mol. The Kier molecular flexibility index (Phi) is 11.1. The molecule has 3 rings (SSSR count). The van der Waals surface area contributed by atoms with Crippen molar-refractivity contribution in [1.29, 1.82) is 0 Å². The molecule has 6 nitrogen and oxygen atoms in total. The first-order valence-electron chi connectivity index (χ1n) is 15.3. The van der Waals surface area contributed by atoms with Crippen LogP contribution in [0.3, 0.4) is 0 Å². The van der Waals surface area contributed by atoms with Crippen LogP contribution in [0.1, 0.15) is 80.6 Å². The van der Waals surface area contributed by atoms with Crippen molar-refractivity contribution in [3.63, 3.8) is 0 Å². The normalized spacial score (nSPS) is 38.0. The Morgan fingerprint density at radius 3 is 2.23 bits per heavy atom. The van der Waals surface area contributed by atoms with E-state index < -0.39 is 28.2 Å². The molecule has 8 atom stereocenters. The number of methoxy groups -OCH3 is 1. The van der Waals surface area contributed by atoms with Crippen LogP contribution < -0.4 is 0 Å². The van der Waals surface area contributed by atoms with Gasteiger partial charge in [0, 0.05) is 38.9 Å². The summed E-state index contributed by atoms with van der Waals surface area (Å²) in [6.07, 6.45) is 4.92. The Morgan fingerprint density at radius 1 is 1.05 bits per heavy atom. The van der Waals surface area contributed by atoms with Gasteiger partial charge in [0.1, 0.15) is 0 Å². The lowest BCUT2D eigenvalue weighted by molar-refractivity contribution is -0.410. The summed E-state index contributed by atoms with van der Waals surface area (Å²) >= 11 is 6.69. The number of alkyl halides is 1. The summed E-state index contributed by atoms with van der Waals surface area (Å²) in [5.41, 5.74) is 0. The van der Waals surface area contributed by atoms with Crippen LogP contribution in [0.4, 0.5) is 0 Å². The third kappa shape index (κ3) is 7.07. The number of hydrogen-bond donors (Lipinski definition) is 0. The fourth-order valence-electron chi connectivity index (χ4n) is 6.24. The summed E-state index contributed by atoms with van der Waals surface area (Å²) in [5.74, 6) is -1.38. The zero-order valence-electron chi connectivity index (χ0n) is 26.4. The van der Waals surface area contributed by atoms with Crippen LogP contribution in [-0.4, -0.2) is 71.7 Å². The highest BCUT2D eigenvalue weighted by atomic mass is 35.5. The second kappa shape index (κ2) is 12.8. The molecule has 3 saturated heterocycles. The standard InChI is InChI=1S/C30H57ClO6Si2/c1-12-23-27(31)26(32-9)20-29(34-23)18-16-22(5)30(37-29)21-25(36-39(13-2,14-3)15-4)24(35-30)17-19-33-38(10,11)28(6,7)8/h12,22-27H,1,13-21H2,2-11H3/t22-,23+,24-,25-,26+,27+,29+,30+/m0/s1. The Bertz CT molecular complexity index is 809. The lowest BCUT2D eigenvalue weighted by Crippen LogP contribution is -2.61. The van der Waals surface area contributed by atoms with Crippen molar-refractivity contribution >= 4 is 28.2 Å². The summed E-state index contributed by atoms with van der Waals surface area (Å²) in [7, 11) is -2.03. The van der Waals surface area contributed by atoms with Gasteiger partial charge in [0.15, 0.2) is 28.2 Å². The molecule has 0 amide bonds. The number of rotatable bonds is 11. The SMILES string of the molecule is C=C[C@H]1O[C@@]2(CC[C@H](C)[C@@]3(C[C@H](O[Si](CC)(CC)CC)[C@H](CCO[Si](C)(C)C(C)(C)C)O3)O2)C[C@@H](OC)[C@@H]1Cl. The van der Waals surface area contributed by atoms with Gasteiger partial charge in [0.2, 0.25) is 0 Å². The average molecular weight is 605 g/mol. The molecule has 0 N–H and O–H groups in total. The molecule has 3 fully saturated rings. The van der Waals surface area contributed by atoms with Gasteiger partial charge in [-0.3, -0.25) is 0 Å². The summed E-state index contributed by atoms with van der Waals surface area (Å²) in [4.78, 5) is 0. The molecule has 2 spiro atoms. The summed E-state index contributed by atoms with van der Waals surface area (Å²) < 4.78 is 40.2. The van der Waals surface area contributed by atoms with E-state index in [-0.39, 0.29) is 40.7 Å². The van der Waals surface area contributed by atoms with E-state index in [0.717, 1.165) is 37.4 Å². The van der Waals surface area contributed by atoms with Gasteiger partial charge in [-0.25, -0.2) is 0 Å². The summed E-state index contributed by atoms with van der Waals surface area (Å²) in [6, 6.07) is 3.31. The van der Waals surface area contributed by atoms with E-state index in [4.69, 9.17) is 39.4 Å². The molecule has 39 heavy (non-hydrogen) atoms. The van der Waals surface area contributed by atoms with Crippen LogP contribution in [0.5, 0.6) is 0 Å². The maximum Gasteiger partial charge on any atom is 0.192 e. The lowest BCUT2D eigenvalue weighted by atomic mass is 9.83. The molecule has 0 aromatic rings. The summed E-state index contributed by atoms with van der Waals surface area (Å²) in [5, 5.41) is -0.135. The van der Waals surface area contributed by atoms with Gasteiger partial charge in [-0.15, -0.1) is 18.2 Å². The number of hydrogen-bond acceptors (Lipinski definition) is 6. The molecule has 0 radical (unpaired) electrons. The number of ether oxygens (including phenoxy) is 4. The molecule has 9 heteroatoms. The zero-order chi connectivity index (χ0) is 29.3. The monoisotopic (exact) mass is 604 g/mol. The molecule has 0 aromatic heterocycles. The Hall–Kier alpha value is 0.224. The Labute approximate surface area is 246 Å². The minimum absolute atomic E-state index is 0.0186. The first-order valence-corrected chi connectivity index (χ1v) is 21.2. The predicted octanol–water partition coefficient (Wildman–Crippen LogP) is 8.01. The molecule has 0 saturated carbocycles. The van der Waals surface area contributed by atoms with Crippen LogP contribution in [0, 0.1) is 5.92 Å². The van der Waals surface area contributed by atoms with E-state index in [9.17, 15) is 0 Å². The molecule has 0 aromatic carbocycles. The molecule has 3 aliphatic heterocycles. The average Bonchev–Trinajstić information content (AvgIpc) is 3.22. The van der Waals surface area contributed by atoms with Crippen LogP contribution in [-0.2, 0) is 27.8 Å². The largest absolute Gasteiger partial charge is 0.417 e. The highest BCUT2D eigenvalue weighted by Crippen LogP contribution is 2.53. The third-order valence-corrected chi connectivity index (χ3v) is 20.1. The molecule has 3 aliphatic rings. The van der Waals surface area contributed by atoms with Gasteiger partial charge in [-0.2, -0.15) is 0 Å². The van der Waals surface area contributed by atoms with Gasteiger partial charge in [-0.1, -0.05) is 54.5 Å². The van der Waals surface area contributed by atoms with Crippen LogP contribution in [0.25, 0.3) is 0 Å². The van der Waals surface area contributed by atoms with Gasteiger partial charge < -0.3 is 27.8 Å². The summed E-state index contributed by atoms with van der Waals surface area (Å²) in [6.45, 7) is 25.2. The minimum Gasteiger partial charge on any atom is -0.417 e. The van der Waals surface area contributed by atoms with Gasteiger partial charge >= 0.3 is 0 Å². The fraction of sp³-hybridized carbons (Fsp3) is 0.933. The smallest absolute Gasteiger partial charge is 0.192 e. The second-order valence-corrected chi connectivity index (χ2v) is 23.7. The van der Waals surface area contributed by atoms with Crippen LogP contribution in [0.15, 0.2) is 12.7 Å². The molecule has 0 unspecified atom stereocenters. The maximum absolute atomic E-state index is 7.15. The van der Waals surface area contributed by atoms with Crippen molar-refractivity contribution in [3.05, 3.63) is 12.7 Å². The van der Waals surface area contributed by atoms with Crippen molar-refractivity contribution < 1.29 is 27.8 Å². The Balaban J connectivity index is 1.87. The first kappa shape index (κ1) is 33.7. The van der Waals surface area contributed by atoms with E-state index >= 15 is 0 Å². The van der Waals surface area contributed by atoms with Gasteiger partial charge in [0.05, 0.1) is 29.8 Å². The molecule has 3 heterocycles. The van der Waals surface area contributed by atoms with Gasteiger partial charge in [-0.05, 0) is 49.1 Å². The first-order chi connectivity index (χ1) is 18.1. The highest BCUT2D eigenvalue weighted by molar-refractivity contribution is 6.74. The van der Waals surface area contributed by atoms with Crippen molar-refractivity contribution in [3.8, 4) is 0 Å². The Morgan fingerprint density at radius 2 is 1.69 bits per heavy atom. The third-order valence-electron chi connectivity index (χ3n) is 10.4. The topological polar surface area (TPSA) is 55.4 Å².